The number of carbonyl (C=O) groups is 2. The number of aliphatic hydroxyl groups is 1. The molecule has 0 radical (unpaired) electrons. The average Bonchev–Trinajstić information content (AvgIpc) is 2.76. The summed E-state index contributed by atoms with van der Waals surface area (Å²) in [6.45, 7) is 9.74. The largest absolute Gasteiger partial charge is 0.491 e. The molecule has 7 nitrogen and oxygen atoms in total. The van der Waals surface area contributed by atoms with Crippen molar-refractivity contribution < 1.29 is 19.4 Å². The summed E-state index contributed by atoms with van der Waals surface area (Å²) >= 11 is 0. The zero-order valence-corrected chi connectivity index (χ0v) is 19.1. The van der Waals surface area contributed by atoms with Crippen LogP contribution in [0.15, 0.2) is 42.5 Å². The number of aliphatic hydroxyl groups excluding tert-OH is 1. The standard InChI is InChI=1S/C25H33N3O4/c1-18-5-4-6-19(2)25(18)26-24(31)16-28-13-11-27(12-14-28)15-22(30)17-32-23-9-7-21(8-10-23)20(3)29/h4-10,22,30H,11-17H2,1-3H3,(H,26,31). The number of nitrogens with zero attached hydrogens (tertiary/aromatic N) is 2. The maximum absolute atomic E-state index is 12.5. The van der Waals surface area contributed by atoms with Crippen molar-refractivity contribution in [3.8, 4) is 5.75 Å². The molecule has 1 fully saturated rings. The van der Waals surface area contributed by atoms with E-state index < -0.39 is 6.10 Å². The molecule has 2 aromatic carbocycles. The number of nitrogens with one attached hydrogen (secondary N) is 1. The molecule has 0 saturated carbocycles. The highest BCUT2D eigenvalue weighted by atomic mass is 16.5. The molecule has 0 spiro atoms. The van der Waals surface area contributed by atoms with Gasteiger partial charge in [-0.1, -0.05) is 18.2 Å². The first-order valence-electron chi connectivity index (χ1n) is 11.0. The zero-order valence-electron chi connectivity index (χ0n) is 19.1. The molecule has 1 heterocycles. The van der Waals surface area contributed by atoms with Gasteiger partial charge in [-0.25, -0.2) is 0 Å². The van der Waals surface area contributed by atoms with Gasteiger partial charge in [0, 0.05) is 44.0 Å². The Morgan fingerprint density at radius 3 is 2.19 bits per heavy atom. The van der Waals surface area contributed by atoms with Crippen LogP contribution in [0.1, 0.15) is 28.4 Å². The van der Waals surface area contributed by atoms with Crippen LogP contribution < -0.4 is 10.1 Å². The molecule has 2 N–H and O–H groups in total. The number of Topliss-reactive ketones (excluding diaryl/α,β-unsaturated/α-hetero) is 1. The lowest BCUT2D eigenvalue weighted by atomic mass is 10.1. The summed E-state index contributed by atoms with van der Waals surface area (Å²) in [6.07, 6.45) is -0.610. The second kappa shape index (κ2) is 11.2. The van der Waals surface area contributed by atoms with Crippen LogP contribution in [0.5, 0.6) is 5.75 Å². The van der Waals surface area contributed by atoms with Crippen molar-refractivity contribution in [2.75, 3.05) is 51.2 Å². The molecule has 0 aromatic heterocycles. The fourth-order valence-corrected chi connectivity index (χ4v) is 3.85. The van der Waals surface area contributed by atoms with Gasteiger partial charge in [0.1, 0.15) is 18.5 Å². The van der Waals surface area contributed by atoms with Gasteiger partial charge in [0.25, 0.3) is 0 Å². The Bertz CT molecular complexity index is 901. The molecule has 7 heteroatoms. The number of piperazine rings is 1. The highest BCUT2D eigenvalue weighted by Gasteiger charge is 2.21. The van der Waals surface area contributed by atoms with Gasteiger partial charge in [-0.15, -0.1) is 0 Å². The first kappa shape index (κ1) is 23.9. The SMILES string of the molecule is CC(=O)c1ccc(OCC(O)CN2CCN(CC(=O)Nc3c(C)cccc3C)CC2)cc1. The van der Waals surface area contributed by atoms with Crippen molar-refractivity contribution in [2.45, 2.75) is 26.9 Å². The summed E-state index contributed by atoms with van der Waals surface area (Å²) in [5, 5.41) is 13.4. The van der Waals surface area contributed by atoms with E-state index in [1.807, 2.05) is 32.0 Å². The fraction of sp³-hybridized carbons (Fsp3) is 0.440. The average molecular weight is 440 g/mol. The van der Waals surface area contributed by atoms with Gasteiger partial charge in [0.05, 0.1) is 6.54 Å². The van der Waals surface area contributed by atoms with E-state index in [4.69, 9.17) is 4.74 Å². The molecular formula is C25H33N3O4. The minimum absolute atomic E-state index is 0.0000707. The highest BCUT2D eigenvalue weighted by Crippen LogP contribution is 2.19. The van der Waals surface area contributed by atoms with E-state index in [-0.39, 0.29) is 18.3 Å². The molecule has 1 amide bonds. The number of β-amino-alcohol motifs (C(OH)–C–C–N with tert-alkyl or cyclic N) is 1. The van der Waals surface area contributed by atoms with Crippen LogP contribution in [0.2, 0.25) is 0 Å². The van der Waals surface area contributed by atoms with Crippen LogP contribution in [0.4, 0.5) is 5.69 Å². The van der Waals surface area contributed by atoms with Crippen molar-refractivity contribution in [3.05, 3.63) is 59.2 Å². The van der Waals surface area contributed by atoms with E-state index in [2.05, 4.69) is 15.1 Å². The van der Waals surface area contributed by atoms with Gasteiger partial charge >= 0.3 is 0 Å². The quantitative estimate of drug-likeness (QED) is 0.585. The predicted molar refractivity (Wildman–Crippen MR) is 125 cm³/mol. The van der Waals surface area contributed by atoms with Gasteiger partial charge in [0.2, 0.25) is 5.91 Å². The van der Waals surface area contributed by atoms with Crippen LogP contribution in [-0.2, 0) is 4.79 Å². The molecule has 32 heavy (non-hydrogen) atoms. The fourth-order valence-electron chi connectivity index (χ4n) is 3.85. The van der Waals surface area contributed by atoms with Crippen LogP contribution in [0.3, 0.4) is 0 Å². The van der Waals surface area contributed by atoms with E-state index in [9.17, 15) is 14.7 Å². The van der Waals surface area contributed by atoms with Crippen molar-refractivity contribution in [1.29, 1.82) is 0 Å². The number of hydrogen-bond donors (Lipinski definition) is 2. The molecule has 1 saturated heterocycles. The second-order valence-corrected chi connectivity index (χ2v) is 8.44. The molecule has 0 aliphatic carbocycles. The Labute approximate surface area is 190 Å². The Kier molecular flexibility index (Phi) is 8.39. The van der Waals surface area contributed by atoms with Gasteiger partial charge in [-0.2, -0.15) is 0 Å². The molecule has 1 unspecified atom stereocenters. The second-order valence-electron chi connectivity index (χ2n) is 8.44. The first-order chi connectivity index (χ1) is 15.3. The number of ketones is 1. The molecular weight excluding hydrogens is 406 g/mol. The van der Waals surface area contributed by atoms with E-state index in [0.717, 1.165) is 43.0 Å². The van der Waals surface area contributed by atoms with Crippen LogP contribution in [0.25, 0.3) is 0 Å². The van der Waals surface area contributed by atoms with E-state index in [1.54, 1.807) is 24.3 Å². The summed E-state index contributed by atoms with van der Waals surface area (Å²) in [5.74, 6) is 0.646. The molecule has 1 aliphatic heterocycles. The third-order valence-corrected chi connectivity index (χ3v) is 5.75. The van der Waals surface area contributed by atoms with Gasteiger partial charge in [0.15, 0.2) is 5.78 Å². The molecule has 0 bridgehead atoms. The third kappa shape index (κ3) is 6.88. The smallest absolute Gasteiger partial charge is 0.238 e. The van der Waals surface area contributed by atoms with Crippen LogP contribution in [0, 0.1) is 13.8 Å². The number of para-hydroxylation sites is 1. The lowest BCUT2D eigenvalue weighted by Crippen LogP contribution is -2.50. The number of ether oxygens (including phenoxy) is 1. The number of benzene rings is 2. The van der Waals surface area contributed by atoms with Gasteiger partial charge < -0.3 is 15.2 Å². The minimum Gasteiger partial charge on any atom is -0.491 e. The third-order valence-electron chi connectivity index (χ3n) is 5.75. The van der Waals surface area contributed by atoms with E-state index in [1.165, 1.54) is 6.92 Å². The Hall–Kier alpha value is -2.74. The maximum atomic E-state index is 12.5. The number of carbonyl (C=O) groups excluding carboxylic acids is 2. The van der Waals surface area contributed by atoms with Crippen molar-refractivity contribution in [2.24, 2.45) is 0 Å². The van der Waals surface area contributed by atoms with Gasteiger partial charge in [-0.05, 0) is 56.2 Å². The number of aryl methyl sites for hydroxylation is 2. The maximum Gasteiger partial charge on any atom is 0.238 e. The van der Waals surface area contributed by atoms with Gasteiger partial charge in [-0.3, -0.25) is 19.4 Å². The number of rotatable bonds is 9. The summed E-state index contributed by atoms with van der Waals surface area (Å²) < 4.78 is 5.64. The highest BCUT2D eigenvalue weighted by molar-refractivity contribution is 5.94. The molecule has 3 rings (SSSR count). The Balaban J connectivity index is 1.37. The minimum atomic E-state index is -0.610. The number of amides is 1. The molecule has 172 valence electrons. The lowest BCUT2D eigenvalue weighted by molar-refractivity contribution is -0.117. The molecule has 1 aliphatic rings. The van der Waals surface area contributed by atoms with Crippen molar-refractivity contribution >= 4 is 17.4 Å². The van der Waals surface area contributed by atoms with Crippen LogP contribution >= 0.6 is 0 Å². The van der Waals surface area contributed by atoms with Crippen molar-refractivity contribution in [3.63, 3.8) is 0 Å². The molecule has 1 atom stereocenters. The summed E-state index contributed by atoms with van der Waals surface area (Å²) in [6, 6.07) is 12.9. The van der Waals surface area contributed by atoms with E-state index >= 15 is 0 Å². The topological polar surface area (TPSA) is 82.1 Å². The summed E-state index contributed by atoms with van der Waals surface area (Å²) in [4.78, 5) is 28.1. The summed E-state index contributed by atoms with van der Waals surface area (Å²) in [5.41, 5.74) is 3.66. The zero-order chi connectivity index (χ0) is 23.1. The number of hydrogen-bond acceptors (Lipinski definition) is 6. The van der Waals surface area contributed by atoms with Crippen molar-refractivity contribution in [1.82, 2.24) is 9.80 Å². The predicted octanol–water partition coefficient (Wildman–Crippen LogP) is 2.50. The lowest BCUT2D eigenvalue weighted by Gasteiger charge is -2.35. The van der Waals surface area contributed by atoms with E-state index in [0.29, 0.717) is 24.4 Å². The molecule has 2 aromatic rings. The summed E-state index contributed by atoms with van der Waals surface area (Å²) in [7, 11) is 0. The first-order valence-corrected chi connectivity index (χ1v) is 11.0. The Morgan fingerprint density at radius 2 is 1.59 bits per heavy atom. The number of anilines is 1. The Morgan fingerprint density at radius 1 is 1.00 bits per heavy atom. The monoisotopic (exact) mass is 439 g/mol. The van der Waals surface area contributed by atoms with Crippen LogP contribution in [-0.4, -0.2) is 78.6 Å². The normalized spacial score (nSPS) is 15.9.